The van der Waals surface area contributed by atoms with Crippen molar-refractivity contribution in [2.45, 2.75) is 13.5 Å². The maximum absolute atomic E-state index is 14.0. The summed E-state index contributed by atoms with van der Waals surface area (Å²) in [6, 6.07) is 9.30. The first-order valence-corrected chi connectivity index (χ1v) is 6.47. The fourth-order valence-corrected chi connectivity index (χ4v) is 1.99. The number of hydrogen-bond acceptors (Lipinski definition) is 2. The lowest BCUT2D eigenvalue weighted by Crippen LogP contribution is -2.28. The molecule has 0 radical (unpaired) electrons. The normalized spacial score (nSPS) is 10.5. The molecule has 0 bridgehead atoms. The van der Waals surface area contributed by atoms with E-state index >= 15 is 0 Å². The number of nitrogens with two attached hydrogens (primary N) is 1. The fourth-order valence-electron chi connectivity index (χ4n) is 1.99. The smallest absolute Gasteiger partial charge is 0.263 e. The summed E-state index contributed by atoms with van der Waals surface area (Å²) in [7, 11) is 1.47. The number of benzene rings is 2. The van der Waals surface area contributed by atoms with Crippen molar-refractivity contribution in [2.75, 3.05) is 11.9 Å². The zero-order valence-electron chi connectivity index (χ0n) is 11.9. The highest BCUT2D eigenvalue weighted by Gasteiger charge is 2.23. The molecule has 1 amide bonds. The van der Waals surface area contributed by atoms with Gasteiger partial charge in [0.15, 0.2) is 0 Å². The third kappa shape index (κ3) is 2.92. The molecule has 0 aliphatic rings. The van der Waals surface area contributed by atoms with Crippen LogP contribution in [0.2, 0.25) is 0 Å². The summed E-state index contributed by atoms with van der Waals surface area (Å²) in [4.78, 5) is 13.5. The van der Waals surface area contributed by atoms with E-state index in [1.165, 1.54) is 24.9 Å². The Morgan fingerprint density at radius 2 is 1.76 bits per heavy atom. The van der Waals surface area contributed by atoms with Gasteiger partial charge in [0.25, 0.3) is 5.91 Å². The Morgan fingerprint density at radius 1 is 1.14 bits per heavy atom. The predicted molar refractivity (Wildman–Crippen MR) is 78.2 cm³/mol. The van der Waals surface area contributed by atoms with E-state index < -0.39 is 23.1 Å². The van der Waals surface area contributed by atoms with Crippen molar-refractivity contribution in [2.24, 2.45) is 5.73 Å². The minimum atomic E-state index is -0.867. The SMILES string of the molecule is Cc1ccc(F)c(C(=O)N(C)c2ccc(CN)cc2)c1F. The van der Waals surface area contributed by atoms with Crippen LogP contribution in [0.25, 0.3) is 0 Å². The standard InChI is InChI=1S/C16H16F2N2O/c1-10-3-8-13(17)14(15(10)18)16(21)20(2)12-6-4-11(9-19)5-7-12/h3-8H,9,19H2,1-2H3. The number of nitrogens with zero attached hydrogens (tertiary/aromatic N) is 1. The van der Waals surface area contributed by atoms with Crippen molar-refractivity contribution in [1.29, 1.82) is 0 Å². The molecule has 0 aliphatic heterocycles. The van der Waals surface area contributed by atoms with Gasteiger partial charge in [-0.05, 0) is 36.2 Å². The van der Waals surface area contributed by atoms with Gasteiger partial charge in [0, 0.05) is 19.3 Å². The zero-order chi connectivity index (χ0) is 15.6. The molecule has 0 spiro atoms. The van der Waals surface area contributed by atoms with Crippen LogP contribution < -0.4 is 10.6 Å². The topological polar surface area (TPSA) is 46.3 Å². The molecule has 0 saturated heterocycles. The summed E-state index contributed by atoms with van der Waals surface area (Å²) < 4.78 is 27.8. The third-order valence-electron chi connectivity index (χ3n) is 3.36. The number of rotatable bonds is 3. The van der Waals surface area contributed by atoms with Crippen molar-refractivity contribution >= 4 is 11.6 Å². The highest BCUT2D eigenvalue weighted by molar-refractivity contribution is 6.06. The van der Waals surface area contributed by atoms with Crippen LogP contribution in [0.15, 0.2) is 36.4 Å². The predicted octanol–water partition coefficient (Wildman–Crippen LogP) is 3.01. The molecule has 0 saturated carbocycles. The number of hydrogen-bond donors (Lipinski definition) is 1. The van der Waals surface area contributed by atoms with Crippen molar-refractivity contribution in [1.82, 2.24) is 0 Å². The van der Waals surface area contributed by atoms with Crippen LogP contribution in [0, 0.1) is 18.6 Å². The molecule has 2 rings (SSSR count). The summed E-state index contributed by atoms with van der Waals surface area (Å²) in [6.07, 6.45) is 0. The molecular formula is C16H16F2N2O. The van der Waals surface area contributed by atoms with Crippen molar-refractivity contribution < 1.29 is 13.6 Å². The van der Waals surface area contributed by atoms with Crippen LogP contribution >= 0.6 is 0 Å². The number of anilines is 1. The molecule has 0 aromatic heterocycles. The van der Waals surface area contributed by atoms with E-state index in [2.05, 4.69) is 0 Å². The van der Waals surface area contributed by atoms with Gasteiger partial charge in [-0.25, -0.2) is 8.78 Å². The second-order valence-corrected chi connectivity index (χ2v) is 4.79. The molecular weight excluding hydrogens is 274 g/mol. The number of halogens is 2. The molecule has 2 aromatic carbocycles. The highest BCUT2D eigenvalue weighted by atomic mass is 19.1. The Bertz CT molecular complexity index is 669. The minimum Gasteiger partial charge on any atom is -0.326 e. The van der Waals surface area contributed by atoms with Gasteiger partial charge in [0.1, 0.15) is 17.2 Å². The van der Waals surface area contributed by atoms with Crippen LogP contribution in [0.4, 0.5) is 14.5 Å². The lowest BCUT2D eigenvalue weighted by molar-refractivity contribution is 0.0984. The quantitative estimate of drug-likeness (QED) is 0.944. The van der Waals surface area contributed by atoms with Gasteiger partial charge in [0.2, 0.25) is 0 Å². The van der Waals surface area contributed by atoms with Gasteiger partial charge in [-0.1, -0.05) is 18.2 Å². The van der Waals surface area contributed by atoms with Crippen molar-refractivity contribution in [3.05, 3.63) is 64.7 Å². The first-order valence-electron chi connectivity index (χ1n) is 6.47. The number of amides is 1. The summed E-state index contributed by atoms with van der Waals surface area (Å²) in [6.45, 7) is 1.88. The molecule has 110 valence electrons. The third-order valence-corrected chi connectivity index (χ3v) is 3.36. The molecule has 0 fully saturated rings. The summed E-state index contributed by atoms with van der Waals surface area (Å²) in [5.41, 5.74) is 6.64. The Balaban J connectivity index is 2.37. The van der Waals surface area contributed by atoms with E-state index in [-0.39, 0.29) is 5.56 Å². The van der Waals surface area contributed by atoms with E-state index in [0.717, 1.165) is 11.6 Å². The monoisotopic (exact) mass is 290 g/mol. The maximum atomic E-state index is 14.0. The average Bonchev–Trinajstić information content (AvgIpc) is 2.50. The Kier molecular flexibility index (Phi) is 4.33. The van der Waals surface area contributed by atoms with Crippen LogP contribution in [-0.2, 0) is 6.54 Å². The van der Waals surface area contributed by atoms with Gasteiger partial charge in [0.05, 0.1) is 0 Å². The number of carbonyl (C=O) groups excluding carboxylic acids is 1. The van der Waals surface area contributed by atoms with E-state index in [4.69, 9.17) is 5.73 Å². The molecule has 2 N–H and O–H groups in total. The van der Waals surface area contributed by atoms with E-state index in [1.54, 1.807) is 24.3 Å². The van der Waals surface area contributed by atoms with Gasteiger partial charge in [-0.2, -0.15) is 0 Å². The van der Waals surface area contributed by atoms with Crippen LogP contribution in [0.5, 0.6) is 0 Å². The molecule has 0 unspecified atom stereocenters. The lowest BCUT2D eigenvalue weighted by atomic mass is 10.1. The Labute approximate surface area is 122 Å². The van der Waals surface area contributed by atoms with Crippen molar-refractivity contribution in [3.8, 4) is 0 Å². The second kappa shape index (κ2) is 6.01. The molecule has 2 aromatic rings. The highest BCUT2D eigenvalue weighted by Crippen LogP contribution is 2.21. The van der Waals surface area contributed by atoms with Crippen LogP contribution in [-0.4, -0.2) is 13.0 Å². The molecule has 0 atom stereocenters. The summed E-state index contributed by atoms with van der Waals surface area (Å²) >= 11 is 0. The lowest BCUT2D eigenvalue weighted by Gasteiger charge is -2.19. The molecule has 5 heteroatoms. The first kappa shape index (κ1) is 15.1. The van der Waals surface area contributed by atoms with Crippen molar-refractivity contribution in [3.63, 3.8) is 0 Å². The molecule has 0 aliphatic carbocycles. The molecule has 3 nitrogen and oxygen atoms in total. The second-order valence-electron chi connectivity index (χ2n) is 4.79. The molecule has 0 heterocycles. The molecule has 21 heavy (non-hydrogen) atoms. The van der Waals surface area contributed by atoms with E-state index in [1.807, 2.05) is 0 Å². The average molecular weight is 290 g/mol. The fraction of sp³-hybridized carbons (Fsp3) is 0.188. The van der Waals surface area contributed by atoms with Crippen LogP contribution in [0.3, 0.4) is 0 Å². The zero-order valence-corrected chi connectivity index (χ0v) is 11.9. The summed E-state index contributed by atoms with van der Waals surface area (Å²) in [5, 5.41) is 0. The van der Waals surface area contributed by atoms with Gasteiger partial charge in [-0.15, -0.1) is 0 Å². The van der Waals surface area contributed by atoms with Gasteiger partial charge in [-0.3, -0.25) is 4.79 Å². The van der Waals surface area contributed by atoms with E-state index in [0.29, 0.717) is 12.2 Å². The Morgan fingerprint density at radius 3 is 2.33 bits per heavy atom. The van der Waals surface area contributed by atoms with Crippen LogP contribution in [0.1, 0.15) is 21.5 Å². The van der Waals surface area contributed by atoms with E-state index in [9.17, 15) is 13.6 Å². The van der Waals surface area contributed by atoms with Gasteiger partial charge < -0.3 is 10.6 Å². The number of carbonyl (C=O) groups is 1. The first-order chi connectivity index (χ1) is 9.95. The number of aryl methyl sites for hydroxylation is 1. The maximum Gasteiger partial charge on any atom is 0.263 e. The largest absolute Gasteiger partial charge is 0.326 e. The summed E-state index contributed by atoms with van der Waals surface area (Å²) in [5.74, 6) is -2.42. The Hall–Kier alpha value is -2.27. The minimum absolute atomic E-state index is 0.228. The van der Waals surface area contributed by atoms with Gasteiger partial charge >= 0.3 is 0 Å².